The fourth-order valence-electron chi connectivity index (χ4n) is 0. The monoisotopic (exact) mass is 116 g/mol. The van der Waals surface area contributed by atoms with Crippen molar-refractivity contribution in [1.29, 1.82) is 0 Å². The second-order valence-electron chi connectivity index (χ2n) is 0. The summed E-state index contributed by atoms with van der Waals surface area (Å²) in [5.41, 5.74) is 0. The van der Waals surface area contributed by atoms with Crippen molar-refractivity contribution in [1.82, 2.24) is 0 Å². The molecule has 0 aromatic heterocycles. The molecule has 0 aliphatic rings. The first-order chi connectivity index (χ1) is 1.00. The maximum absolute atomic E-state index is 7.94. The normalized spacial score (nSPS) is 0.800. The molecule has 0 rings (SSSR count). The van der Waals surface area contributed by atoms with Crippen LogP contribution in [0.5, 0.6) is 0 Å². The van der Waals surface area contributed by atoms with Crippen LogP contribution < -0.4 is 88.7 Å². The summed E-state index contributed by atoms with van der Waals surface area (Å²) >= 11 is 0. The largest absolute Gasteiger partial charge is 1.00 e. The molecule has 0 fully saturated rings. The molecule has 0 atom stereocenters. The number of hydrogen-bond acceptors (Lipinski definition) is 1. The van der Waals surface area contributed by atoms with E-state index in [4.69, 9.17) is 4.57 Å². The predicted molar refractivity (Wildman–Crippen MR) is 7.61 cm³/mol. The quantitative estimate of drug-likeness (QED) is 0.227. The van der Waals surface area contributed by atoms with Crippen molar-refractivity contribution in [3.63, 3.8) is 0 Å². The molecule has 0 saturated carbocycles. The van der Waals surface area contributed by atoms with Crippen molar-refractivity contribution in [3.05, 3.63) is 0 Å². The molecule has 0 N–H and O–H groups in total. The third-order valence-corrected chi connectivity index (χ3v) is 0. The van der Waals surface area contributed by atoms with E-state index in [0.717, 1.165) is 0 Å². The minimum atomic E-state index is 0. The van der Waals surface area contributed by atoms with Gasteiger partial charge in [0.15, 0.2) is 0 Å². The summed E-state index contributed by atoms with van der Waals surface area (Å²) in [6.07, 6.45) is 0. The summed E-state index contributed by atoms with van der Waals surface area (Å²) < 4.78 is 7.94. The number of rotatable bonds is 0. The SMILES string of the molecule is O=[P-].[Na+].[Na+].[Na+]. The third kappa shape index (κ3) is 19.2. The van der Waals surface area contributed by atoms with Crippen LogP contribution in [0.4, 0.5) is 0 Å². The first kappa shape index (κ1) is 24.3. The number of hydrogen-bond donors (Lipinski definition) is 0. The maximum Gasteiger partial charge on any atom is 1.00 e. The minimum absolute atomic E-state index is 0. The molecule has 0 spiro atoms. The van der Waals surface area contributed by atoms with E-state index in [9.17, 15) is 0 Å². The van der Waals surface area contributed by atoms with Crippen molar-refractivity contribution < 1.29 is 93.2 Å². The van der Waals surface area contributed by atoms with Crippen LogP contribution in [0.15, 0.2) is 0 Å². The van der Waals surface area contributed by atoms with Gasteiger partial charge in [-0.25, -0.2) is 0 Å². The Labute approximate surface area is 100 Å². The van der Waals surface area contributed by atoms with Crippen LogP contribution in [-0.4, -0.2) is 0 Å². The van der Waals surface area contributed by atoms with Gasteiger partial charge >= 0.3 is 88.7 Å². The molecule has 0 unspecified atom stereocenters. The smallest absolute Gasteiger partial charge is 0.550 e. The zero-order valence-corrected chi connectivity index (χ0v) is 10.7. The van der Waals surface area contributed by atoms with E-state index < -0.39 is 0 Å². The fourth-order valence-corrected chi connectivity index (χ4v) is 0. The molecule has 0 radical (unpaired) electrons. The van der Waals surface area contributed by atoms with Crippen LogP contribution in [0.1, 0.15) is 0 Å². The first-order valence-corrected chi connectivity index (χ1v) is 0.548. The molecule has 0 aliphatic carbocycles. The van der Waals surface area contributed by atoms with Gasteiger partial charge in [-0.15, -0.1) is 0 Å². The molecule has 0 saturated heterocycles. The second kappa shape index (κ2) is 27.5. The Kier molecular flexibility index (Phi) is 134. The Morgan fingerprint density at radius 2 is 0.800 bits per heavy atom. The van der Waals surface area contributed by atoms with Crippen LogP contribution in [0.3, 0.4) is 0 Å². The van der Waals surface area contributed by atoms with Gasteiger partial charge in [0.1, 0.15) is 0 Å². The van der Waals surface area contributed by atoms with Crippen molar-refractivity contribution in [2.75, 3.05) is 0 Å². The van der Waals surface area contributed by atoms with Crippen LogP contribution in [0.25, 0.3) is 0 Å². The second-order valence-corrected chi connectivity index (χ2v) is 0. The van der Waals surface area contributed by atoms with E-state index in [1.54, 1.807) is 0 Å². The van der Waals surface area contributed by atoms with E-state index in [-0.39, 0.29) is 88.7 Å². The van der Waals surface area contributed by atoms with Gasteiger partial charge in [0.25, 0.3) is 0 Å². The topological polar surface area (TPSA) is 17.1 Å². The van der Waals surface area contributed by atoms with Gasteiger partial charge in [-0.05, 0) is 0 Å². The molecule has 0 aromatic carbocycles. The van der Waals surface area contributed by atoms with Crippen LogP contribution >= 0.6 is 9.12 Å². The molecule has 0 aliphatic heterocycles. The molecule has 12 valence electrons. The van der Waals surface area contributed by atoms with Gasteiger partial charge in [-0.3, -0.25) is 0 Å². The summed E-state index contributed by atoms with van der Waals surface area (Å²) in [6, 6.07) is 0. The molecule has 1 nitrogen and oxygen atoms in total. The van der Waals surface area contributed by atoms with Crippen molar-refractivity contribution >= 4 is 9.12 Å². The maximum atomic E-state index is 7.94. The van der Waals surface area contributed by atoms with Gasteiger partial charge in [0, 0.05) is 0 Å². The Morgan fingerprint density at radius 1 is 0.800 bits per heavy atom. The van der Waals surface area contributed by atoms with Crippen LogP contribution in [-0.2, 0) is 4.57 Å². The van der Waals surface area contributed by atoms with E-state index in [0.29, 0.717) is 0 Å². The molecule has 0 heterocycles. The third-order valence-electron chi connectivity index (χ3n) is 0. The Bertz CT molecular complexity index is 6.85. The molecule has 0 amide bonds. The van der Waals surface area contributed by atoms with E-state index in [1.165, 1.54) is 0 Å². The van der Waals surface area contributed by atoms with Crippen LogP contribution in [0, 0.1) is 0 Å². The van der Waals surface area contributed by atoms with Gasteiger partial charge < -0.3 is 13.7 Å². The Balaban J connectivity index is -0.00000000167. The van der Waals surface area contributed by atoms with Crippen molar-refractivity contribution in [2.24, 2.45) is 0 Å². The fraction of sp³-hybridized carbons (Fsp3) is 0. The van der Waals surface area contributed by atoms with E-state index in [1.807, 2.05) is 0 Å². The van der Waals surface area contributed by atoms with E-state index >= 15 is 0 Å². The average molecular weight is 116 g/mol. The summed E-state index contributed by atoms with van der Waals surface area (Å²) in [6.45, 7) is 0. The summed E-state index contributed by atoms with van der Waals surface area (Å²) in [5, 5.41) is 0. The summed E-state index contributed by atoms with van der Waals surface area (Å²) in [5.74, 6) is 0. The summed E-state index contributed by atoms with van der Waals surface area (Å²) in [7, 11) is 2.28. The molecular formula is Na3OP+2. The molecule has 0 aromatic rings. The minimum Gasteiger partial charge on any atom is -0.550 e. The van der Waals surface area contributed by atoms with Gasteiger partial charge in [-0.1, -0.05) is 0 Å². The van der Waals surface area contributed by atoms with Crippen molar-refractivity contribution in [3.8, 4) is 0 Å². The average Bonchev–Trinajstić information content (AvgIpc) is 1.00. The van der Waals surface area contributed by atoms with Gasteiger partial charge in [-0.2, -0.15) is 0 Å². The van der Waals surface area contributed by atoms with Crippen molar-refractivity contribution in [2.45, 2.75) is 0 Å². The first-order valence-electron chi connectivity index (χ1n) is 0.183. The van der Waals surface area contributed by atoms with Gasteiger partial charge in [0.2, 0.25) is 0 Å². The zero-order valence-electron chi connectivity index (χ0n) is 3.86. The molecule has 5 heteroatoms. The van der Waals surface area contributed by atoms with Crippen LogP contribution in [0.2, 0.25) is 0 Å². The molecular weight excluding hydrogens is 116 g/mol. The predicted octanol–water partition coefficient (Wildman–Crippen LogP) is -8.25. The Morgan fingerprint density at radius 3 is 0.800 bits per heavy atom. The standard InChI is InChI=1S/3Na.OP/c;;;1-2/q3*+1;-1. The van der Waals surface area contributed by atoms with Gasteiger partial charge in [0.05, 0.1) is 0 Å². The molecule has 5 heavy (non-hydrogen) atoms. The Hall–Kier alpha value is 3.10. The zero-order chi connectivity index (χ0) is 2.00. The van der Waals surface area contributed by atoms with E-state index in [2.05, 4.69) is 9.12 Å². The summed E-state index contributed by atoms with van der Waals surface area (Å²) in [4.78, 5) is 0. The molecule has 0 bridgehead atoms.